The molecule has 0 saturated carbocycles. The Morgan fingerprint density at radius 1 is 1.26 bits per heavy atom. The Bertz CT molecular complexity index is 636. The van der Waals surface area contributed by atoms with Crippen LogP contribution >= 0.6 is 0 Å². The Hall–Kier alpha value is -1.56. The van der Waals surface area contributed by atoms with Gasteiger partial charge < -0.3 is 10.2 Å². The van der Waals surface area contributed by atoms with Crippen LogP contribution in [-0.4, -0.2) is 48.9 Å². The van der Waals surface area contributed by atoms with Crippen LogP contribution in [0.25, 0.3) is 0 Å². The van der Waals surface area contributed by atoms with E-state index >= 15 is 0 Å². The van der Waals surface area contributed by atoms with E-state index in [2.05, 4.69) is 5.32 Å². The quantitative estimate of drug-likeness (QED) is 0.915. The molecule has 23 heavy (non-hydrogen) atoms. The molecule has 6 heteroatoms. The summed E-state index contributed by atoms with van der Waals surface area (Å²) in [6, 6.07) is 10.0. The topological polar surface area (TPSA) is 66.5 Å². The number of rotatable bonds is 4. The van der Waals surface area contributed by atoms with Crippen molar-refractivity contribution in [2.45, 2.75) is 44.4 Å². The fourth-order valence-electron chi connectivity index (χ4n) is 2.56. The summed E-state index contributed by atoms with van der Waals surface area (Å²) < 4.78 is 23.5. The van der Waals surface area contributed by atoms with E-state index in [1.54, 1.807) is 25.7 Å². The van der Waals surface area contributed by atoms with Crippen LogP contribution in [0.5, 0.6) is 0 Å². The number of likely N-dealkylation sites (tertiary alicyclic amines) is 1. The predicted octanol–water partition coefficient (Wildman–Crippen LogP) is 2.30. The summed E-state index contributed by atoms with van der Waals surface area (Å²) in [5.41, 5.74) is 1.02. The number of hydrogen-bond donors (Lipinski definition) is 1. The number of para-hydroxylation sites is 1. The molecule has 1 atom stereocenters. The van der Waals surface area contributed by atoms with Crippen LogP contribution in [0.2, 0.25) is 0 Å². The zero-order valence-electron chi connectivity index (χ0n) is 14.1. The predicted molar refractivity (Wildman–Crippen MR) is 93.2 cm³/mol. The first-order valence-electron chi connectivity index (χ1n) is 8.01. The summed E-state index contributed by atoms with van der Waals surface area (Å²) in [7, 11) is -3.43. The van der Waals surface area contributed by atoms with Crippen molar-refractivity contribution in [2.24, 2.45) is 0 Å². The van der Waals surface area contributed by atoms with E-state index in [0.717, 1.165) is 18.5 Å². The standard InChI is InChI=1S/C17H26N2O3S/c1-17(2,3)23(21,22)13-16(20)19-11-7-10-15(12-19)18-14-8-5-4-6-9-14/h4-6,8-9,15,18H,7,10-13H2,1-3H3. The van der Waals surface area contributed by atoms with Crippen molar-refractivity contribution in [1.29, 1.82) is 0 Å². The van der Waals surface area contributed by atoms with Crippen LogP contribution in [0.3, 0.4) is 0 Å². The summed E-state index contributed by atoms with van der Waals surface area (Å²) >= 11 is 0. The highest BCUT2D eigenvalue weighted by atomic mass is 32.2. The Morgan fingerprint density at radius 3 is 2.52 bits per heavy atom. The highest BCUT2D eigenvalue weighted by molar-refractivity contribution is 7.93. The van der Waals surface area contributed by atoms with Crippen molar-refractivity contribution in [2.75, 3.05) is 24.2 Å². The van der Waals surface area contributed by atoms with Gasteiger partial charge in [0.1, 0.15) is 5.75 Å². The lowest BCUT2D eigenvalue weighted by atomic mass is 10.1. The Morgan fingerprint density at radius 2 is 1.91 bits per heavy atom. The molecule has 1 unspecified atom stereocenters. The molecule has 1 heterocycles. The normalized spacial score (nSPS) is 19.4. The van der Waals surface area contributed by atoms with Gasteiger partial charge in [-0.15, -0.1) is 0 Å². The van der Waals surface area contributed by atoms with E-state index in [1.807, 2.05) is 30.3 Å². The van der Waals surface area contributed by atoms with Gasteiger partial charge in [-0.1, -0.05) is 18.2 Å². The van der Waals surface area contributed by atoms with Crippen LogP contribution in [0.15, 0.2) is 30.3 Å². The summed E-state index contributed by atoms with van der Waals surface area (Å²) in [5, 5.41) is 3.42. The molecule has 0 radical (unpaired) electrons. The second kappa shape index (κ2) is 6.91. The largest absolute Gasteiger partial charge is 0.381 e. The second-order valence-corrected chi connectivity index (χ2v) is 9.80. The van der Waals surface area contributed by atoms with E-state index < -0.39 is 20.3 Å². The lowest BCUT2D eigenvalue weighted by Crippen LogP contribution is -2.48. The molecule has 0 spiro atoms. The van der Waals surface area contributed by atoms with E-state index in [0.29, 0.717) is 13.1 Å². The number of piperidine rings is 1. The Kier molecular flexibility index (Phi) is 5.34. The number of carbonyl (C=O) groups is 1. The molecule has 0 aliphatic carbocycles. The van der Waals surface area contributed by atoms with Gasteiger partial charge in [0.05, 0.1) is 4.75 Å². The number of amides is 1. The zero-order valence-corrected chi connectivity index (χ0v) is 14.9. The molecular formula is C17H26N2O3S. The minimum Gasteiger partial charge on any atom is -0.381 e. The average Bonchev–Trinajstić information content (AvgIpc) is 2.47. The van der Waals surface area contributed by atoms with E-state index in [9.17, 15) is 13.2 Å². The molecule has 1 N–H and O–H groups in total. The lowest BCUT2D eigenvalue weighted by Gasteiger charge is -2.34. The van der Waals surface area contributed by atoms with Gasteiger partial charge in [0.15, 0.2) is 9.84 Å². The molecule has 2 rings (SSSR count). The molecule has 1 aromatic rings. The van der Waals surface area contributed by atoms with Crippen LogP contribution < -0.4 is 5.32 Å². The minimum absolute atomic E-state index is 0.160. The maximum Gasteiger partial charge on any atom is 0.237 e. The molecule has 128 valence electrons. The summed E-state index contributed by atoms with van der Waals surface area (Å²) in [5.74, 6) is -0.700. The number of hydrogen-bond acceptors (Lipinski definition) is 4. The molecule has 5 nitrogen and oxygen atoms in total. The van der Waals surface area contributed by atoms with E-state index in [1.165, 1.54) is 0 Å². The van der Waals surface area contributed by atoms with Gasteiger partial charge in [0.2, 0.25) is 5.91 Å². The minimum atomic E-state index is -3.43. The van der Waals surface area contributed by atoms with Crippen LogP contribution in [-0.2, 0) is 14.6 Å². The van der Waals surface area contributed by atoms with Gasteiger partial charge >= 0.3 is 0 Å². The van der Waals surface area contributed by atoms with Gasteiger partial charge in [-0.05, 0) is 45.7 Å². The van der Waals surface area contributed by atoms with Crippen molar-refractivity contribution in [3.63, 3.8) is 0 Å². The summed E-state index contributed by atoms with van der Waals surface area (Å²) in [4.78, 5) is 14.1. The first-order chi connectivity index (χ1) is 10.7. The van der Waals surface area contributed by atoms with Gasteiger partial charge in [0.25, 0.3) is 0 Å². The molecule has 0 aromatic heterocycles. The molecular weight excluding hydrogens is 312 g/mol. The fourth-order valence-corrected chi connectivity index (χ4v) is 3.50. The van der Waals surface area contributed by atoms with Crippen LogP contribution in [0.4, 0.5) is 5.69 Å². The molecule has 1 aromatic carbocycles. The van der Waals surface area contributed by atoms with Crippen molar-refractivity contribution in [3.8, 4) is 0 Å². The molecule has 1 aliphatic rings. The maximum absolute atomic E-state index is 12.4. The number of benzene rings is 1. The summed E-state index contributed by atoms with van der Waals surface area (Å²) in [6.45, 7) is 6.07. The fraction of sp³-hybridized carbons (Fsp3) is 0.588. The monoisotopic (exact) mass is 338 g/mol. The number of nitrogens with one attached hydrogen (secondary N) is 1. The number of carbonyl (C=O) groups excluding carboxylic acids is 1. The van der Waals surface area contributed by atoms with Crippen molar-refractivity contribution < 1.29 is 13.2 Å². The Balaban J connectivity index is 1.97. The number of anilines is 1. The van der Waals surface area contributed by atoms with Crippen LogP contribution in [0, 0.1) is 0 Å². The third-order valence-electron chi connectivity index (χ3n) is 4.17. The lowest BCUT2D eigenvalue weighted by molar-refractivity contribution is -0.129. The average molecular weight is 338 g/mol. The molecule has 0 bridgehead atoms. The third-order valence-corrected chi connectivity index (χ3v) is 6.66. The number of nitrogens with zero attached hydrogens (tertiary/aromatic N) is 1. The van der Waals surface area contributed by atoms with Gasteiger partial charge in [0, 0.05) is 24.8 Å². The van der Waals surface area contributed by atoms with Gasteiger partial charge in [-0.25, -0.2) is 8.42 Å². The zero-order chi connectivity index (χ0) is 17.1. The van der Waals surface area contributed by atoms with Crippen molar-refractivity contribution >= 4 is 21.4 Å². The SMILES string of the molecule is CC(C)(C)S(=O)(=O)CC(=O)N1CCCC(Nc2ccccc2)C1. The second-order valence-electron chi connectivity index (χ2n) is 7.06. The highest BCUT2D eigenvalue weighted by Gasteiger charge is 2.34. The van der Waals surface area contributed by atoms with Gasteiger partial charge in [-0.2, -0.15) is 0 Å². The van der Waals surface area contributed by atoms with Crippen molar-refractivity contribution in [3.05, 3.63) is 30.3 Å². The molecule has 1 amide bonds. The first-order valence-corrected chi connectivity index (χ1v) is 9.66. The van der Waals surface area contributed by atoms with Crippen LogP contribution in [0.1, 0.15) is 33.6 Å². The van der Waals surface area contributed by atoms with E-state index in [-0.39, 0.29) is 11.9 Å². The number of sulfone groups is 1. The smallest absolute Gasteiger partial charge is 0.237 e. The Labute approximate surface area is 139 Å². The molecule has 1 fully saturated rings. The maximum atomic E-state index is 12.4. The molecule has 1 saturated heterocycles. The third kappa shape index (κ3) is 4.70. The highest BCUT2D eigenvalue weighted by Crippen LogP contribution is 2.19. The van der Waals surface area contributed by atoms with E-state index in [4.69, 9.17) is 0 Å². The summed E-state index contributed by atoms with van der Waals surface area (Å²) in [6.07, 6.45) is 1.86. The van der Waals surface area contributed by atoms with Gasteiger partial charge in [-0.3, -0.25) is 4.79 Å². The van der Waals surface area contributed by atoms with Crippen molar-refractivity contribution in [1.82, 2.24) is 4.90 Å². The molecule has 1 aliphatic heterocycles. The first kappa shape index (κ1) is 17.8.